The lowest BCUT2D eigenvalue weighted by Crippen LogP contribution is -2.02. The molecule has 0 aliphatic carbocycles. The summed E-state index contributed by atoms with van der Waals surface area (Å²) >= 11 is 1.49. The highest BCUT2D eigenvalue weighted by molar-refractivity contribution is 8.00. The third kappa shape index (κ3) is 5.97. The minimum Gasteiger partial charge on any atom is -0.322 e. The first-order valence-corrected chi connectivity index (χ1v) is 3.61. The van der Waals surface area contributed by atoms with Crippen LogP contribution in [0.25, 0.3) is 0 Å². The topological polar surface area (TPSA) is 49.8 Å². The van der Waals surface area contributed by atoms with Gasteiger partial charge in [-0.3, -0.25) is 0 Å². The Balaban J connectivity index is 0. The van der Waals surface area contributed by atoms with Gasteiger partial charge in [0.15, 0.2) is 0 Å². The lowest BCUT2D eigenvalue weighted by Gasteiger charge is -1.99. The van der Waals surface area contributed by atoms with Crippen LogP contribution in [-0.2, 0) is 0 Å². The molecule has 0 radical (unpaired) electrons. The van der Waals surface area contributed by atoms with Gasteiger partial charge in [0.25, 0.3) is 0 Å². The van der Waals surface area contributed by atoms with Gasteiger partial charge in [-0.25, -0.2) is 0 Å². The average Bonchev–Trinajstić information content (AvgIpc) is 1.83. The SMILES string of the molecule is CCC(C#N)SCN.Cl. The fourth-order valence-corrected chi connectivity index (χ4v) is 0.905. The summed E-state index contributed by atoms with van der Waals surface area (Å²) in [6.07, 6.45) is 0.887. The molecule has 0 saturated heterocycles. The molecule has 4 heteroatoms. The maximum atomic E-state index is 8.33. The second kappa shape index (κ2) is 8.09. The van der Waals surface area contributed by atoms with Gasteiger partial charge < -0.3 is 5.73 Å². The van der Waals surface area contributed by atoms with E-state index in [0.717, 1.165) is 6.42 Å². The number of nitrogens with two attached hydrogens (primary N) is 1. The van der Waals surface area contributed by atoms with Gasteiger partial charge in [-0.05, 0) is 6.42 Å². The minimum absolute atomic E-state index is 0. The Bertz CT molecular complexity index is 91.4. The van der Waals surface area contributed by atoms with E-state index in [4.69, 9.17) is 11.0 Å². The smallest absolute Gasteiger partial charge is 0.0926 e. The number of hydrogen-bond donors (Lipinski definition) is 1. The van der Waals surface area contributed by atoms with E-state index in [0.29, 0.717) is 5.88 Å². The molecule has 9 heavy (non-hydrogen) atoms. The summed E-state index contributed by atoms with van der Waals surface area (Å²) < 4.78 is 0. The fourth-order valence-electron chi connectivity index (χ4n) is 0.363. The number of nitrogens with zero attached hydrogens (tertiary/aromatic N) is 1. The van der Waals surface area contributed by atoms with Crippen molar-refractivity contribution >= 4 is 24.2 Å². The first-order valence-electron chi connectivity index (χ1n) is 2.56. The second-order valence-electron chi connectivity index (χ2n) is 1.36. The zero-order valence-electron chi connectivity index (χ0n) is 5.33. The summed E-state index contributed by atoms with van der Waals surface area (Å²) in [5.74, 6) is 0.548. The Kier molecular flexibility index (Phi) is 10.6. The lowest BCUT2D eigenvalue weighted by atomic mass is 10.4. The van der Waals surface area contributed by atoms with Gasteiger partial charge in [-0.1, -0.05) is 6.92 Å². The van der Waals surface area contributed by atoms with E-state index < -0.39 is 0 Å². The highest BCUT2D eigenvalue weighted by Gasteiger charge is 2.00. The van der Waals surface area contributed by atoms with Crippen LogP contribution in [-0.4, -0.2) is 11.1 Å². The summed E-state index contributed by atoms with van der Waals surface area (Å²) in [7, 11) is 0. The standard InChI is InChI=1S/C5H10N2S.ClH/c1-2-5(3-6)8-4-7;/h5H,2,4,7H2,1H3;1H. The van der Waals surface area contributed by atoms with Crippen molar-refractivity contribution in [1.29, 1.82) is 5.26 Å². The summed E-state index contributed by atoms with van der Waals surface area (Å²) in [6, 6.07) is 2.14. The van der Waals surface area contributed by atoms with Crippen LogP contribution in [0.4, 0.5) is 0 Å². The fraction of sp³-hybridized carbons (Fsp3) is 0.800. The predicted molar refractivity (Wildman–Crippen MR) is 43.6 cm³/mol. The van der Waals surface area contributed by atoms with Gasteiger partial charge in [-0.15, -0.1) is 24.2 Å². The van der Waals surface area contributed by atoms with Crippen molar-refractivity contribution in [1.82, 2.24) is 0 Å². The minimum atomic E-state index is 0. The first-order chi connectivity index (χ1) is 3.85. The van der Waals surface area contributed by atoms with Crippen LogP contribution in [0.5, 0.6) is 0 Å². The van der Waals surface area contributed by atoms with Gasteiger partial charge >= 0.3 is 0 Å². The van der Waals surface area contributed by atoms with Crippen molar-refractivity contribution in [2.75, 3.05) is 5.88 Å². The van der Waals surface area contributed by atoms with Gasteiger partial charge in [0.1, 0.15) is 0 Å². The Morgan fingerprint density at radius 2 is 2.33 bits per heavy atom. The van der Waals surface area contributed by atoms with Crippen LogP contribution in [0.2, 0.25) is 0 Å². The van der Waals surface area contributed by atoms with Crippen molar-refractivity contribution < 1.29 is 0 Å². The normalized spacial score (nSPS) is 11.2. The van der Waals surface area contributed by atoms with E-state index in [-0.39, 0.29) is 17.7 Å². The van der Waals surface area contributed by atoms with Crippen molar-refractivity contribution in [3.8, 4) is 6.07 Å². The molecule has 2 N–H and O–H groups in total. The maximum absolute atomic E-state index is 8.33. The number of halogens is 1. The molecule has 0 bridgehead atoms. The Morgan fingerprint density at radius 3 is 2.44 bits per heavy atom. The molecule has 1 atom stereocenters. The summed E-state index contributed by atoms with van der Waals surface area (Å²) in [5, 5.41) is 8.43. The van der Waals surface area contributed by atoms with Crippen LogP contribution in [0.15, 0.2) is 0 Å². The molecule has 0 saturated carbocycles. The third-order valence-electron chi connectivity index (χ3n) is 0.812. The second-order valence-corrected chi connectivity index (χ2v) is 2.60. The molecule has 0 heterocycles. The number of nitriles is 1. The van der Waals surface area contributed by atoms with Gasteiger partial charge in [-0.2, -0.15) is 5.26 Å². The molecule has 0 aromatic heterocycles. The molecule has 0 aliphatic rings. The molecule has 1 unspecified atom stereocenters. The highest BCUT2D eigenvalue weighted by Crippen LogP contribution is 2.09. The van der Waals surface area contributed by atoms with E-state index in [9.17, 15) is 0 Å². The molecule has 0 aromatic carbocycles. The van der Waals surface area contributed by atoms with Gasteiger partial charge in [0.2, 0.25) is 0 Å². The van der Waals surface area contributed by atoms with Crippen LogP contribution in [0, 0.1) is 11.3 Å². The highest BCUT2D eigenvalue weighted by atomic mass is 35.5. The Morgan fingerprint density at radius 1 is 1.78 bits per heavy atom. The van der Waals surface area contributed by atoms with E-state index in [2.05, 4.69) is 6.07 Å². The maximum Gasteiger partial charge on any atom is 0.0926 e. The molecule has 2 nitrogen and oxygen atoms in total. The van der Waals surface area contributed by atoms with Crippen LogP contribution < -0.4 is 5.73 Å². The molecular weight excluding hydrogens is 156 g/mol. The van der Waals surface area contributed by atoms with Gasteiger partial charge in [0, 0.05) is 5.88 Å². The van der Waals surface area contributed by atoms with Crippen LogP contribution in [0.3, 0.4) is 0 Å². The summed E-state index contributed by atoms with van der Waals surface area (Å²) in [6.45, 7) is 1.98. The first kappa shape index (κ1) is 11.8. The average molecular weight is 167 g/mol. The quantitative estimate of drug-likeness (QED) is 0.645. The Hall–Kier alpha value is 0.0900. The molecule has 0 aromatic rings. The monoisotopic (exact) mass is 166 g/mol. The zero-order valence-corrected chi connectivity index (χ0v) is 6.97. The Labute approximate surface area is 66.2 Å². The number of thioether (sulfide) groups is 1. The molecular formula is C5H11ClN2S. The van der Waals surface area contributed by atoms with E-state index in [1.54, 1.807) is 0 Å². The predicted octanol–water partition coefficient (Wildman–Crippen LogP) is 1.36. The molecule has 0 spiro atoms. The number of hydrogen-bond acceptors (Lipinski definition) is 3. The van der Waals surface area contributed by atoms with E-state index >= 15 is 0 Å². The lowest BCUT2D eigenvalue weighted by molar-refractivity contribution is 0.984. The zero-order chi connectivity index (χ0) is 6.41. The van der Waals surface area contributed by atoms with Gasteiger partial charge in [0.05, 0.1) is 11.3 Å². The number of rotatable bonds is 3. The summed E-state index contributed by atoms with van der Waals surface area (Å²) in [4.78, 5) is 0. The largest absolute Gasteiger partial charge is 0.322 e. The van der Waals surface area contributed by atoms with Crippen LogP contribution >= 0.6 is 24.2 Å². The molecule has 0 aliphatic heterocycles. The van der Waals surface area contributed by atoms with E-state index in [1.165, 1.54) is 11.8 Å². The van der Waals surface area contributed by atoms with Crippen molar-refractivity contribution in [2.45, 2.75) is 18.6 Å². The molecule has 0 amide bonds. The third-order valence-corrected chi connectivity index (χ3v) is 1.85. The van der Waals surface area contributed by atoms with Crippen LogP contribution in [0.1, 0.15) is 13.3 Å². The molecule has 54 valence electrons. The molecule has 0 rings (SSSR count). The molecule has 0 fully saturated rings. The van der Waals surface area contributed by atoms with Crippen molar-refractivity contribution in [3.63, 3.8) is 0 Å². The summed E-state index contributed by atoms with van der Waals surface area (Å²) in [5.41, 5.74) is 5.19. The van der Waals surface area contributed by atoms with Crippen molar-refractivity contribution in [2.24, 2.45) is 5.73 Å². The van der Waals surface area contributed by atoms with Crippen molar-refractivity contribution in [3.05, 3.63) is 0 Å². The van der Waals surface area contributed by atoms with E-state index in [1.807, 2.05) is 6.92 Å².